The van der Waals surface area contributed by atoms with Gasteiger partial charge >= 0.3 is 0 Å². The lowest BCUT2D eigenvalue weighted by Gasteiger charge is -2.27. The summed E-state index contributed by atoms with van der Waals surface area (Å²) < 4.78 is 5.32. The van der Waals surface area contributed by atoms with Gasteiger partial charge in [-0.25, -0.2) is 0 Å². The SMILES string of the molecule is CC(C)c1nc2cc[nH]c(=O)c2c2cc(C(=O)N3CCOCC3)ccc12. The van der Waals surface area contributed by atoms with Crippen LogP contribution >= 0.6 is 0 Å². The molecule has 26 heavy (non-hydrogen) atoms. The average Bonchev–Trinajstić information content (AvgIpc) is 2.67. The van der Waals surface area contributed by atoms with Crippen LogP contribution in [0.1, 0.15) is 35.8 Å². The van der Waals surface area contributed by atoms with Gasteiger partial charge in [-0.3, -0.25) is 14.6 Å². The maximum atomic E-state index is 12.9. The van der Waals surface area contributed by atoms with Crippen molar-refractivity contribution in [1.82, 2.24) is 14.9 Å². The van der Waals surface area contributed by atoms with E-state index in [1.807, 2.05) is 18.2 Å². The van der Waals surface area contributed by atoms with Crippen LogP contribution in [0.5, 0.6) is 0 Å². The molecular formula is C20H21N3O3. The van der Waals surface area contributed by atoms with Crippen LogP contribution in [0.15, 0.2) is 35.3 Å². The number of hydrogen-bond acceptors (Lipinski definition) is 4. The number of nitrogens with zero attached hydrogens (tertiary/aromatic N) is 2. The fraction of sp³-hybridized carbons (Fsp3) is 0.350. The number of rotatable bonds is 2. The second kappa shape index (κ2) is 6.53. The largest absolute Gasteiger partial charge is 0.378 e. The molecule has 0 aliphatic carbocycles. The van der Waals surface area contributed by atoms with Crippen molar-refractivity contribution in [2.45, 2.75) is 19.8 Å². The first-order chi connectivity index (χ1) is 12.6. The van der Waals surface area contributed by atoms with Crippen LogP contribution in [0.4, 0.5) is 0 Å². The summed E-state index contributed by atoms with van der Waals surface area (Å²) >= 11 is 0. The molecule has 1 fully saturated rings. The molecule has 0 saturated carbocycles. The van der Waals surface area contributed by atoms with Crippen LogP contribution < -0.4 is 5.56 Å². The van der Waals surface area contributed by atoms with E-state index in [1.165, 1.54) is 0 Å². The van der Waals surface area contributed by atoms with Crippen LogP contribution in [0.3, 0.4) is 0 Å². The van der Waals surface area contributed by atoms with Crippen molar-refractivity contribution in [3.8, 4) is 0 Å². The molecule has 2 aromatic heterocycles. The number of H-pyrrole nitrogens is 1. The molecule has 0 atom stereocenters. The highest BCUT2D eigenvalue weighted by molar-refractivity contribution is 6.09. The fourth-order valence-electron chi connectivity index (χ4n) is 3.51. The minimum absolute atomic E-state index is 0.0291. The van der Waals surface area contributed by atoms with E-state index in [0.29, 0.717) is 42.8 Å². The Morgan fingerprint density at radius 2 is 1.96 bits per heavy atom. The third-order valence-corrected chi connectivity index (χ3v) is 4.84. The Morgan fingerprint density at radius 3 is 2.69 bits per heavy atom. The molecule has 4 rings (SSSR count). The number of aromatic amines is 1. The molecule has 134 valence electrons. The molecule has 3 aromatic rings. The third kappa shape index (κ3) is 2.76. The Hall–Kier alpha value is -2.73. The Morgan fingerprint density at radius 1 is 1.19 bits per heavy atom. The maximum Gasteiger partial charge on any atom is 0.258 e. The van der Waals surface area contributed by atoms with Gasteiger partial charge < -0.3 is 14.6 Å². The van der Waals surface area contributed by atoms with Crippen molar-refractivity contribution in [2.75, 3.05) is 26.3 Å². The number of pyridine rings is 2. The summed E-state index contributed by atoms with van der Waals surface area (Å²) in [5.74, 6) is 0.181. The van der Waals surface area contributed by atoms with Gasteiger partial charge in [0.15, 0.2) is 0 Å². The van der Waals surface area contributed by atoms with Crippen molar-refractivity contribution >= 4 is 27.6 Å². The van der Waals surface area contributed by atoms with Gasteiger partial charge in [0.25, 0.3) is 11.5 Å². The van der Waals surface area contributed by atoms with Crippen LogP contribution in [0, 0.1) is 0 Å². The number of carbonyl (C=O) groups is 1. The molecule has 1 saturated heterocycles. The highest BCUT2D eigenvalue weighted by Gasteiger charge is 2.20. The molecule has 1 aliphatic heterocycles. The van der Waals surface area contributed by atoms with E-state index in [4.69, 9.17) is 9.72 Å². The zero-order chi connectivity index (χ0) is 18.3. The maximum absolute atomic E-state index is 12.9. The first-order valence-corrected chi connectivity index (χ1v) is 8.88. The molecule has 6 heteroatoms. The van der Waals surface area contributed by atoms with Gasteiger partial charge in [-0.05, 0) is 29.5 Å². The molecule has 1 amide bonds. The molecule has 1 N–H and O–H groups in total. The topological polar surface area (TPSA) is 75.3 Å². The van der Waals surface area contributed by atoms with Gasteiger partial charge in [0.05, 0.1) is 29.8 Å². The van der Waals surface area contributed by atoms with Gasteiger partial charge in [0.2, 0.25) is 0 Å². The van der Waals surface area contributed by atoms with Crippen molar-refractivity contribution in [3.63, 3.8) is 0 Å². The molecule has 0 radical (unpaired) electrons. The van der Waals surface area contributed by atoms with Crippen molar-refractivity contribution in [3.05, 3.63) is 52.1 Å². The molecule has 0 spiro atoms. The smallest absolute Gasteiger partial charge is 0.258 e. The van der Waals surface area contributed by atoms with Crippen molar-refractivity contribution in [2.24, 2.45) is 0 Å². The van der Waals surface area contributed by atoms with E-state index in [9.17, 15) is 9.59 Å². The van der Waals surface area contributed by atoms with Gasteiger partial charge in [-0.2, -0.15) is 0 Å². The van der Waals surface area contributed by atoms with E-state index in [2.05, 4.69) is 18.8 Å². The van der Waals surface area contributed by atoms with Crippen molar-refractivity contribution in [1.29, 1.82) is 0 Å². The zero-order valence-electron chi connectivity index (χ0n) is 14.9. The molecule has 1 aliphatic rings. The summed E-state index contributed by atoms with van der Waals surface area (Å²) in [7, 11) is 0. The molecule has 0 bridgehead atoms. The number of nitrogens with one attached hydrogen (secondary N) is 1. The van der Waals surface area contributed by atoms with Crippen LogP contribution in [-0.2, 0) is 4.74 Å². The number of carbonyl (C=O) groups excluding carboxylic acids is 1. The third-order valence-electron chi connectivity index (χ3n) is 4.84. The number of hydrogen-bond donors (Lipinski definition) is 1. The lowest BCUT2D eigenvalue weighted by Crippen LogP contribution is -2.40. The van der Waals surface area contributed by atoms with E-state index < -0.39 is 0 Å². The lowest BCUT2D eigenvalue weighted by molar-refractivity contribution is 0.0303. The number of aromatic nitrogens is 2. The second-order valence-corrected chi connectivity index (χ2v) is 6.88. The molecule has 3 heterocycles. The summed E-state index contributed by atoms with van der Waals surface area (Å²) in [5.41, 5.74) is 1.99. The molecule has 1 aromatic carbocycles. The average molecular weight is 351 g/mol. The number of ether oxygens (including phenoxy) is 1. The van der Waals surface area contributed by atoms with Gasteiger partial charge in [0, 0.05) is 30.2 Å². The van der Waals surface area contributed by atoms with E-state index in [-0.39, 0.29) is 17.4 Å². The van der Waals surface area contributed by atoms with Crippen LogP contribution in [0.2, 0.25) is 0 Å². The van der Waals surface area contributed by atoms with Gasteiger partial charge in [-0.1, -0.05) is 19.9 Å². The predicted molar refractivity (Wildman–Crippen MR) is 101 cm³/mol. The number of amides is 1. The van der Waals surface area contributed by atoms with Crippen LogP contribution in [0.25, 0.3) is 21.7 Å². The zero-order valence-corrected chi connectivity index (χ0v) is 14.9. The lowest BCUT2D eigenvalue weighted by atomic mass is 9.97. The molecular weight excluding hydrogens is 330 g/mol. The number of fused-ring (bicyclic) bond motifs is 3. The Labute approximate surface area is 150 Å². The molecule has 6 nitrogen and oxygen atoms in total. The minimum Gasteiger partial charge on any atom is -0.378 e. The van der Waals surface area contributed by atoms with E-state index >= 15 is 0 Å². The summed E-state index contributed by atoms with van der Waals surface area (Å²) in [6.07, 6.45) is 1.61. The Kier molecular flexibility index (Phi) is 4.20. The summed E-state index contributed by atoms with van der Waals surface area (Å²) in [6.45, 7) is 6.45. The van der Waals surface area contributed by atoms with Crippen LogP contribution in [-0.4, -0.2) is 47.1 Å². The second-order valence-electron chi connectivity index (χ2n) is 6.88. The standard InChI is InChI=1S/C20H21N3O3/c1-12(2)18-14-4-3-13(20(25)23-7-9-26-10-8-23)11-15(14)17-16(22-18)5-6-21-19(17)24/h3-6,11-12H,7-10H2,1-2H3,(H,21,24). The monoisotopic (exact) mass is 351 g/mol. The highest BCUT2D eigenvalue weighted by atomic mass is 16.5. The van der Waals surface area contributed by atoms with Crippen molar-refractivity contribution < 1.29 is 9.53 Å². The first kappa shape index (κ1) is 16.7. The predicted octanol–water partition coefficient (Wildman–Crippen LogP) is 2.67. The molecule has 0 unspecified atom stereocenters. The van der Waals surface area contributed by atoms with Gasteiger partial charge in [0.1, 0.15) is 0 Å². The van der Waals surface area contributed by atoms with E-state index in [1.54, 1.807) is 17.2 Å². The summed E-state index contributed by atoms with van der Waals surface area (Å²) in [6, 6.07) is 7.38. The quantitative estimate of drug-likeness (QED) is 0.720. The normalized spacial score (nSPS) is 15.1. The summed E-state index contributed by atoms with van der Waals surface area (Å²) in [4.78, 5) is 34.5. The van der Waals surface area contributed by atoms with Gasteiger partial charge in [-0.15, -0.1) is 0 Å². The Bertz CT molecular complexity index is 1050. The number of morpholine rings is 1. The Balaban J connectivity index is 1.95. The summed E-state index contributed by atoms with van der Waals surface area (Å²) in [5, 5.41) is 2.23. The van der Waals surface area contributed by atoms with E-state index in [0.717, 1.165) is 16.5 Å². The first-order valence-electron chi connectivity index (χ1n) is 8.88. The fourth-order valence-corrected chi connectivity index (χ4v) is 3.51. The minimum atomic E-state index is -0.189. The highest BCUT2D eigenvalue weighted by Crippen LogP contribution is 2.29. The number of benzene rings is 1.